The summed E-state index contributed by atoms with van der Waals surface area (Å²) in [5, 5.41) is 0. The van der Waals surface area contributed by atoms with Crippen LogP contribution >= 0.6 is 0 Å². The number of hydrogen-bond donors (Lipinski definition) is 0. The maximum atomic E-state index is 12.7. The van der Waals surface area contributed by atoms with Crippen LogP contribution in [0.25, 0.3) is 0 Å². The molecule has 3 rings (SSSR count). The second-order valence-corrected chi connectivity index (χ2v) is 5.98. The van der Waals surface area contributed by atoms with Crippen molar-refractivity contribution in [3.05, 3.63) is 60.2 Å². The zero-order valence-corrected chi connectivity index (χ0v) is 13.8. The van der Waals surface area contributed by atoms with Crippen LogP contribution in [-0.2, 0) is 22.6 Å². The second kappa shape index (κ2) is 7.99. The van der Waals surface area contributed by atoms with E-state index in [-0.39, 0.29) is 12.0 Å². The number of rotatable bonds is 5. The first-order valence-electron chi connectivity index (χ1n) is 8.06. The van der Waals surface area contributed by atoms with Gasteiger partial charge in [0.25, 0.3) is 0 Å². The molecule has 6 nitrogen and oxygen atoms in total. The molecule has 0 N–H and O–H groups in total. The number of amides is 1. The Balaban J connectivity index is 1.70. The van der Waals surface area contributed by atoms with Gasteiger partial charge in [0.15, 0.2) is 0 Å². The van der Waals surface area contributed by atoms with Crippen LogP contribution in [0.15, 0.2) is 48.9 Å². The van der Waals surface area contributed by atoms with Crippen molar-refractivity contribution in [1.29, 1.82) is 0 Å². The van der Waals surface area contributed by atoms with Crippen molar-refractivity contribution < 1.29 is 9.53 Å². The van der Waals surface area contributed by atoms with Crippen LogP contribution in [0.1, 0.15) is 11.3 Å². The number of hydrogen-bond acceptors (Lipinski definition) is 5. The van der Waals surface area contributed by atoms with Crippen molar-refractivity contribution in [2.24, 2.45) is 0 Å². The van der Waals surface area contributed by atoms with Gasteiger partial charge in [0.2, 0.25) is 5.91 Å². The maximum absolute atomic E-state index is 12.7. The standard InChI is InChI=1S/C18H22N4O2/c1-24-17-12-21(11-16-6-2-3-8-20-16)14-18(23)22(13-17)10-15-5-4-7-19-9-15/h2-9,17H,10-14H2,1H3. The fraction of sp³-hybridized carbons (Fsp3) is 0.389. The Labute approximate surface area is 142 Å². The number of nitrogens with zero attached hydrogens (tertiary/aromatic N) is 4. The minimum atomic E-state index is -0.0168. The number of aromatic nitrogens is 2. The molecule has 1 saturated heterocycles. The Kier molecular flexibility index (Phi) is 5.51. The van der Waals surface area contributed by atoms with Gasteiger partial charge < -0.3 is 9.64 Å². The fourth-order valence-electron chi connectivity index (χ4n) is 2.90. The van der Waals surface area contributed by atoms with Gasteiger partial charge >= 0.3 is 0 Å². The smallest absolute Gasteiger partial charge is 0.237 e. The first kappa shape index (κ1) is 16.5. The van der Waals surface area contributed by atoms with Crippen LogP contribution in [-0.4, -0.2) is 58.5 Å². The molecule has 2 aromatic heterocycles. The molecule has 1 unspecified atom stereocenters. The number of pyridine rings is 2. The first-order valence-corrected chi connectivity index (χ1v) is 8.06. The second-order valence-electron chi connectivity index (χ2n) is 5.98. The highest BCUT2D eigenvalue weighted by molar-refractivity contribution is 5.78. The molecule has 1 fully saturated rings. The Morgan fingerprint density at radius 3 is 2.79 bits per heavy atom. The lowest BCUT2D eigenvalue weighted by molar-refractivity contribution is -0.132. The van der Waals surface area contributed by atoms with E-state index >= 15 is 0 Å². The molecule has 1 aliphatic rings. The average Bonchev–Trinajstić information content (AvgIpc) is 2.75. The van der Waals surface area contributed by atoms with Gasteiger partial charge in [-0.2, -0.15) is 0 Å². The lowest BCUT2D eigenvalue weighted by Crippen LogP contribution is -2.37. The fourth-order valence-corrected chi connectivity index (χ4v) is 2.90. The van der Waals surface area contributed by atoms with E-state index < -0.39 is 0 Å². The summed E-state index contributed by atoms with van der Waals surface area (Å²) in [5.74, 6) is 0.106. The van der Waals surface area contributed by atoms with Gasteiger partial charge in [0, 0.05) is 51.9 Å². The van der Waals surface area contributed by atoms with E-state index in [1.54, 1.807) is 25.7 Å². The Morgan fingerprint density at radius 2 is 2.08 bits per heavy atom. The number of methoxy groups -OCH3 is 1. The normalized spacial score (nSPS) is 19.3. The van der Waals surface area contributed by atoms with Crippen LogP contribution in [0, 0.1) is 0 Å². The highest BCUT2D eigenvalue weighted by Crippen LogP contribution is 2.13. The summed E-state index contributed by atoms with van der Waals surface area (Å²) in [5.41, 5.74) is 1.99. The highest BCUT2D eigenvalue weighted by atomic mass is 16.5. The average molecular weight is 326 g/mol. The molecule has 0 aromatic carbocycles. The summed E-state index contributed by atoms with van der Waals surface area (Å²) in [6, 6.07) is 9.71. The molecule has 0 radical (unpaired) electrons. The van der Waals surface area contributed by atoms with Gasteiger partial charge in [0.1, 0.15) is 0 Å². The van der Waals surface area contributed by atoms with Crippen LogP contribution in [0.4, 0.5) is 0 Å². The zero-order valence-electron chi connectivity index (χ0n) is 13.8. The molecular weight excluding hydrogens is 304 g/mol. The van der Waals surface area contributed by atoms with Crippen LogP contribution in [0.5, 0.6) is 0 Å². The zero-order chi connectivity index (χ0) is 16.8. The van der Waals surface area contributed by atoms with E-state index in [9.17, 15) is 4.79 Å². The molecular formula is C18H22N4O2. The van der Waals surface area contributed by atoms with E-state index in [2.05, 4.69) is 14.9 Å². The lowest BCUT2D eigenvalue weighted by Gasteiger charge is -2.23. The third-order valence-electron chi connectivity index (χ3n) is 4.14. The third kappa shape index (κ3) is 4.37. The van der Waals surface area contributed by atoms with Gasteiger partial charge in [-0.05, 0) is 23.8 Å². The minimum Gasteiger partial charge on any atom is -0.378 e. The van der Waals surface area contributed by atoms with Gasteiger partial charge in [-0.25, -0.2) is 0 Å². The van der Waals surface area contributed by atoms with Gasteiger partial charge in [-0.3, -0.25) is 19.7 Å². The van der Waals surface area contributed by atoms with Crippen LogP contribution < -0.4 is 0 Å². The topological polar surface area (TPSA) is 58.6 Å². The molecule has 3 heterocycles. The number of carbonyl (C=O) groups is 1. The monoisotopic (exact) mass is 326 g/mol. The quantitative estimate of drug-likeness (QED) is 0.830. The van der Waals surface area contributed by atoms with Crippen molar-refractivity contribution in [2.45, 2.75) is 19.2 Å². The molecule has 0 saturated carbocycles. The molecule has 1 aliphatic heterocycles. The van der Waals surface area contributed by atoms with E-state index in [1.807, 2.05) is 35.2 Å². The molecule has 24 heavy (non-hydrogen) atoms. The summed E-state index contributed by atoms with van der Waals surface area (Å²) in [6.45, 7) is 2.87. The summed E-state index contributed by atoms with van der Waals surface area (Å²) in [4.78, 5) is 25.1. The first-order chi connectivity index (χ1) is 11.7. The maximum Gasteiger partial charge on any atom is 0.237 e. The van der Waals surface area contributed by atoms with Crippen molar-refractivity contribution >= 4 is 5.91 Å². The summed E-state index contributed by atoms with van der Waals surface area (Å²) < 4.78 is 5.58. The SMILES string of the molecule is COC1CN(Cc2ccccn2)CC(=O)N(Cc2cccnc2)C1. The Hall–Kier alpha value is -2.31. The largest absolute Gasteiger partial charge is 0.378 e. The summed E-state index contributed by atoms with van der Waals surface area (Å²) in [6.07, 6.45) is 5.29. The van der Waals surface area contributed by atoms with Crippen molar-refractivity contribution in [3.8, 4) is 0 Å². The van der Waals surface area contributed by atoms with Gasteiger partial charge in [0.05, 0.1) is 18.3 Å². The lowest BCUT2D eigenvalue weighted by atomic mass is 10.2. The minimum absolute atomic E-state index is 0.0168. The summed E-state index contributed by atoms with van der Waals surface area (Å²) >= 11 is 0. The molecule has 6 heteroatoms. The van der Waals surface area contributed by atoms with Gasteiger partial charge in [-0.1, -0.05) is 12.1 Å². The third-order valence-corrected chi connectivity index (χ3v) is 4.14. The van der Waals surface area contributed by atoms with E-state index in [0.29, 0.717) is 32.7 Å². The molecule has 1 atom stereocenters. The van der Waals surface area contributed by atoms with Crippen LogP contribution in [0.2, 0.25) is 0 Å². The molecule has 2 aromatic rings. The molecule has 0 aliphatic carbocycles. The van der Waals surface area contributed by atoms with Crippen LogP contribution in [0.3, 0.4) is 0 Å². The van der Waals surface area contributed by atoms with Crippen molar-refractivity contribution in [3.63, 3.8) is 0 Å². The predicted octanol–water partition coefficient (Wildman–Crippen LogP) is 1.34. The molecule has 0 bridgehead atoms. The van der Waals surface area contributed by atoms with E-state index in [0.717, 1.165) is 11.3 Å². The predicted molar refractivity (Wildman–Crippen MR) is 90.0 cm³/mol. The molecule has 1 amide bonds. The Morgan fingerprint density at radius 1 is 1.17 bits per heavy atom. The highest BCUT2D eigenvalue weighted by Gasteiger charge is 2.28. The molecule has 126 valence electrons. The van der Waals surface area contributed by atoms with E-state index in [1.165, 1.54) is 0 Å². The van der Waals surface area contributed by atoms with Crippen molar-refractivity contribution in [1.82, 2.24) is 19.8 Å². The number of carbonyl (C=O) groups excluding carboxylic acids is 1. The number of ether oxygens (including phenoxy) is 1. The molecule has 0 spiro atoms. The Bertz CT molecular complexity index is 651. The summed E-state index contributed by atoms with van der Waals surface area (Å²) in [7, 11) is 1.70. The van der Waals surface area contributed by atoms with Gasteiger partial charge in [-0.15, -0.1) is 0 Å². The van der Waals surface area contributed by atoms with Crippen molar-refractivity contribution in [2.75, 3.05) is 26.7 Å². The van der Waals surface area contributed by atoms with E-state index in [4.69, 9.17) is 4.74 Å².